The van der Waals surface area contributed by atoms with E-state index in [0.29, 0.717) is 15.6 Å². The lowest BCUT2D eigenvalue weighted by atomic mass is 10.2. The Morgan fingerprint density at radius 1 is 1.30 bits per heavy atom. The Labute approximate surface area is 124 Å². The predicted octanol–water partition coefficient (Wildman–Crippen LogP) is 3.37. The molecule has 2 heterocycles. The van der Waals surface area contributed by atoms with Crippen LogP contribution >= 0.6 is 23.4 Å². The Morgan fingerprint density at radius 2 is 2.00 bits per heavy atom. The first-order valence-corrected chi connectivity index (χ1v) is 7.62. The molecule has 0 fully saturated rings. The molecule has 0 saturated carbocycles. The smallest absolute Gasteiger partial charge is 0.286 e. The number of nitrogens with one attached hydrogen (secondary N) is 1. The van der Waals surface area contributed by atoms with Crippen LogP contribution in [0, 0.1) is 6.92 Å². The van der Waals surface area contributed by atoms with Crippen LogP contribution in [0.15, 0.2) is 40.0 Å². The van der Waals surface area contributed by atoms with Gasteiger partial charge in [-0.05, 0) is 30.9 Å². The summed E-state index contributed by atoms with van der Waals surface area (Å²) in [7, 11) is 0. The monoisotopic (exact) mass is 305 g/mol. The van der Waals surface area contributed by atoms with Crippen LogP contribution in [0.25, 0.3) is 16.9 Å². The van der Waals surface area contributed by atoms with E-state index in [1.165, 1.54) is 16.3 Å². The minimum absolute atomic E-state index is 0.0692. The second kappa shape index (κ2) is 5.00. The second-order valence-electron chi connectivity index (χ2n) is 4.41. The van der Waals surface area contributed by atoms with Gasteiger partial charge in [0.1, 0.15) is 0 Å². The zero-order valence-corrected chi connectivity index (χ0v) is 12.5. The lowest BCUT2D eigenvalue weighted by Gasteiger charge is -2.01. The molecule has 2 aromatic heterocycles. The molecule has 0 amide bonds. The third-order valence-corrected chi connectivity index (χ3v) is 4.23. The van der Waals surface area contributed by atoms with E-state index in [1.54, 1.807) is 0 Å². The van der Waals surface area contributed by atoms with E-state index < -0.39 is 0 Å². The molecule has 3 rings (SSSR count). The summed E-state index contributed by atoms with van der Waals surface area (Å²) in [6.07, 6.45) is 1.88. The topological polar surface area (TPSA) is 50.2 Å². The van der Waals surface area contributed by atoms with Crippen LogP contribution in [0.2, 0.25) is 5.02 Å². The third kappa shape index (κ3) is 2.13. The molecule has 0 unspecified atom stereocenters. The maximum atomic E-state index is 12.3. The summed E-state index contributed by atoms with van der Waals surface area (Å²) in [6.45, 7) is 1.85. The molecule has 4 nitrogen and oxygen atoms in total. The summed E-state index contributed by atoms with van der Waals surface area (Å²) in [4.78, 5) is 17.4. The first-order chi connectivity index (χ1) is 9.60. The molecule has 1 aromatic carbocycles. The summed E-state index contributed by atoms with van der Waals surface area (Å²) in [5.74, 6) is 0. The summed E-state index contributed by atoms with van der Waals surface area (Å²) in [6, 6.07) is 9.30. The minimum atomic E-state index is -0.0692. The molecule has 0 aliphatic rings. The molecule has 0 radical (unpaired) electrons. The van der Waals surface area contributed by atoms with E-state index in [0.717, 1.165) is 17.0 Å². The highest BCUT2D eigenvalue weighted by atomic mass is 35.5. The van der Waals surface area contributed by atoms with Gasteiger partial charge in [-0.1, -0.05) is 23.7 Å². The van der Waals surface area contributed by atoms with Crippen LogP contribution in [0.3, 0.4) is 0 Å². The largest absolute Gasteiger partial charge is 0.289 e. The van der Waals surface area contributed by atoms with Crippen molar-refractivity contribution in [2.45, 2.75) is 11.8 Å². The summed E-state index contributed by atoms with van der Waals surface area (Å²) in [5.41, 5.74) is 3.10. The maximum Gasteiger partial charge on any atom is 0.286 e. The average molecular weight is 306 g/mol. The first kappa shape index (κ1) is 13.3. The number of fused-ring (bicyclic) bond motifs is 1. The van der Waals surface area contributed by atoms with E-state index >= 15 is 0 Å². The standard InChI is InChI=1S/C14H12ClN3OS/c1-8-13(20-2)14(19)18-12(16-8)7-11(17-18)9-3-5-10(15)6-4-9/h3-7,17H,1-2H3. The molecule has 0 atom stereocenters. The number of H-pyrrole nitrogens is 1. The van der Waals surface area contributed by atoms with Gasteiger partial charge in [0, 0.05) is 11.1 Å². The zero-order chi connectivity index (χ0) is 14.3. The SMILES string of the molecule is CSc1c(C)nc2cc(-c3ccc(Cl)cc3)[nH]n2c1=O. The maximum absolute atomic E-state index is 12.3. The van der Waals surface area contributed by atoms with Gasteiger partial charge in [0.2, 0.25) is 0 Å². The van der Waals surface area contributed by atoms with Gasteiger partial charge in [-0.25, -0.2) is 9.50 Å². The summed E-state index contributed by atoms with van der Waals surface area (Å²) >= 11 is 7.29. The predicted molar refractivity (Wildman–Crippen MR) is 82.8 cm³/mol. The molecule has 3 aromatic rings. The van der Waals surface area contributed by atoms with Crippen molar-refractivity contribution in [3.63, 3.8) is 0 Å². The Balaban J connectivity index is 2.23. The van der Waals surface area contributed by atoms with Crippen molar-refractivity contribution in [3.05, 3.63) is 51.4 Å². The number of rotatable bonds is 2. The molecular formula is C14H12ClN3OS. The molecule has 1 N–H and O–H groups in total. The summed E-state index contributed by atoms with van der Waals surface area (Å²) < 4.78 is 1.47. The number of hydrogen-bond donors (Lipinski definition) is 1. The van der Waals surface area contributed by atoms with E-state index in [1.807, 2.05) is 43.5 Å². The third-order valence-electron chi connectivity index (χ3n) is 3.10. The van der Waals surface area contributed by atoms with E-state index in [9.17, 15) is 4.79 Å². The molecule has 102 valence electrons. The second-order valence-corrected chi connectivity index (χ2v) is 5.66. The number of aryl methyl sites for hydroxylation is 1. The van der Waals surface area contributed by atoms with Gasteiger partial charge in [0.15, 0.2) is 5.65 Å². The Bertz CT molecular complexity index is 836. The van der Waals surface area contributed by atoms with Crippen LogP contribution in [0.1, 0.15) is 5.69 Å². The van der Waals surface area contributed by atoms with E-state index in [2.05, 4.69) is 10.1 Å². The fourth-order valence-electron chi connectivity index (χ4n) is 2.13. The van der Waals surface area contributed by atoms with Crippen molar-refractivity contribution in [3.8, 4) is 11.3 Å². The van der Waals surface area contributed by atoms with Crippen molar-refractivity contribution < 1.29 is 0 Å². The molecular weight excluding hydrogens is 294 g/mol. The fraction of sp³-hybridized carbons (Fsp3) is 0.143. The van der Waals surface area contributed by atoms with E-state index in [4.69, 9.17) is 11.6 Å². The molecule has 0 aliphatic carbocycles. The first-order valence-electron chi connectivity index (χ1n) is 6.02. The van der Waals surface area contributed by atoms with Crippen LogP contribution in [-0.4, -0.2) is 20.9 Å². The molecule has 0 saturated heterocycles. The van der Waals surface area contributed by atoms with Crippen LogP contribution < -0.4 is 5.56 Å². The van der Waals surface area contributed by atoms with Crippen molar-refractivity contribution in [1.29, 1.82) is 0 Å². The lowest BCUT2D eigenvalue weighted by molar-refractivity contribution is 0.854. The highest BCUT2D eigenvalue weighted by Crippen LogP contribution is 2.22. The Kier molecular flexibility index (Phi) is 3.31. The molecule has 6 heteroatoms. The highest BCUT2D eigenvalue weighted by molar-refractivity contribution is 7.98. The number of hydrogen-bond acceptors (Lipinski definition) is 3. The summed E-state index contributed by atoms with van der Waals surface area (Å²) in [5, 5.41) is 3.77. The van der Waals surface area contributed by atoms with Gasteiger partial charge < -0.3 is 0 Å². The van der Waals surface area contributed by atoms with Crippen LogP contribution in [0.4, 0.5) is 0 Å². The number of aromatic nitrogens is 3. The number of aromatic amines is 1. The number of benzene rings is 1. The van der Waals surface area contributed by atoms with Crippen molar-refractivity contribution in [2.75, 3.05) is 6.26 Å². The van der Waals surface area contributed by atoms with E-state index in [-0.39, 0.29) is 5.56 Å². The van der Waals surface area contributed by atoms with Crippen molar-refractivity contribution >= 4 is 29.0 Å². The van der Waals surface area contributed by atoms with Gasteiger partial charge in [-0.3, -0.25) is 9.89 Å². The molecule has 20 heavy (non-hydrogen) atoms. The van der Waals surface area contributed by atoms with Gasteiger partial charge >= 0.3 is 0 Å². The van der Waals surface area contributed by atoms with Crippen molar-refractivity contribution in [1.82, 2.24) is 14.6 Å². The van der Waals surface area contributed by atoms with Crippen LogP contribution in [0.5, 0.6) is 0 Å². The Morgan fingerprint density at radius 3 is 2.65 bits per heavy atom. The van der Waals surface area contributed by atoms with Gasteiger partial charge in [-0.2, -0.15) is 0 Å². The Hall–Kier alpha value is -1.72. The van der Waals surface area contributed by atoms with Crippen molar-refractivity contribution in [2.24, 2.45) is 0 Å². The molecule has 0 bridgehead atoms. The number of halogens is 1. The highest BCUT2D eigenvalue weighted by Gasteiger charge is 2.11. The van der Waals surface area contributed by atoms with Gasteiger partial charge in [-0.15, -0.1) is 11.8 Å². The van der Waals surface area contributed by atoms with Gasteiger partial charge in [0.05, 0.1) is 16.3 Å². The average Bonchev–Trinajstić information content (AvgIpc) is 2.84. The molecule has 0 spiro atoms. The normalized spacial score (nSPS) is 11.2. The van der Waals surface area contributed by atoms with Gasteiger partial charge in [0.25, 0.3) is 5.56 Å². The lowest BCUT2D eigenvalue weighted by Crippen LogP contribution is -2.18. The molecule has 0 aliphatic heterocycles. The number of nitrogens with zero attached hydrogens (tertiary/aromatic N) is 2. The number of thioether (sulfide) groups is 1. The van der Waals surface area contributed by atoms with Crippen LogP contribution in [-0.2, 0) is 0 Å². The fourth-order valence-corrected chi connectivity index (χ4v) is 2.86. The minimum Gasteiger partial charge on any atom is -0.289 e. The zero-order valence-electron chi connectivity index (χ0n) is 11.0. The quantitative estimate of drug-likeness (QED) is 0.739.